The Morgan fingerprint density at radius 2 is 2.10 bits per heavy atom. The predicted octanol–water partition coefficient (Wildman–Crippen LogP) is 0.587. The van der Waals surface area contributed by atoms with E-state index in [4.69, 9.17) is 4.74 Å². The molecule has 2 unspecified atom stereocenters. The van der Waals surface area contributed by atoms with Crippen molar-refractivity contribution < 1.29 is 24.2 Å². The minimum atomic E-state index is -1.23. The van der Waals surface area contributed by atoms with Crippen molar-refractivity contribution in [2.75, 3.05) is 13.1 Å². The number of carbonyl (C=O) groups excluding carboxylic acids is 2. The molecule has 0 saturated carbocycles. The third kappa shape index (κ3) is 2.57. The zero-order valence-corrected chi connectivity index (χ0v) is 11.9. The molecular formula is C13H20N2O5. The molecule has 0 spiro atoms. The lowest BCUT2D eigenvalue weighted by Crippen LogP contribution is -2.57. The quantitative estimate of drug-likeness (QED) is 0.734. The normalized spacial score (nSPS) is 29.6. The average molecular weight is 284 g/mol. The van der Waals surface area contributed by atoms with Gasteiger partial charge in [-0.3, -0.25) is 9.59 Å². The molecule has 2 atom stereocenters. The predicted molar refractivity (Wildman–Crippen MR) is 69.0 cm³/mol. The summed E-state index contributed by atoms with van der Waals surface area (Å²) in [5, 5.41) is 12.2. The Bertz CT molecular complexity index is 456. The highest BCUT2D eigenvalue weighted by molar-refractivity contribution is 5.90. The molecule has 0 aromatic rings. The number of aliphatic carboxylic acids is 1. The molecule has 0 aliphatic carbocycles. The van der Waals surface area contributed by atoms with Crippen LogP contribution in [0.15, 0.2) is 0 Å². The lowest BCUT2D eigenvalue weighted by atomic mass is 9.76. The molecule has 0 aromatic heterocycles. The molecule has 20 heavy (non-hydrogen) atoms. The molecule has 2 fully saturated rings. The fourth-order valence-electron chi connectivity index (χ4n) is 2.79. The van der Waals surface area contributed by atoms with Crippen LogP contribution in [0.5, 0.6) is 0 Å². The van der Waals surface area contributed by atoms with Gasteiger partial charge in [0, 0.05) is 25.6 Å². The van der Waals surface area contributed by atoms with E-state index in [9.17, 15) is 19.5 Å². The SMILES string of the molecule is CC(C)(C)OC(=O)N1CCC2NC(=O)CC2(C(=O)O)C1. The summed E-state index contributed by atoms with van der Waals surface area (Å²) in [6.07, 6.45) is -0.195. The van der Waals surface area contributed by atoms with E-state index < -0.39 is 29.1 Å². The summed E-state index contributed by atoms with van der Waals surface area (Å²) in [7, 11) is 0. The summed E-state index contributed by atoms with van der Waals surface area (Å²) in [6, 6.07) is -0.411. The first-order chi connectivity index (χ1) is 9.14. The molecule has 0 radical (unpaired) electrons. The zero-order chi connectivity index (χ0) is 15.1. The molecular weight excluding hydrogens is 264 g/mol. The molecule has 112 valence electrons. The summed E-state index contributed by atoms with van der Waals surface area (Å²) >= 11 is 0. The number of likely N-dealkylation sites (tertiary alicyclic amines) is 1. The van der Waals surface area contributed by atoms with Crippen LogP contribution in [0.2, 0.25) is 0 Å². The van der Waals surface area contributed by atoms with Gasteiger partial charge in [-0.1, -0.05) is 0 Å². The summed E-state index contributed by atoms with van der Waals surface area (Å²) in [6.45, 7) is 5.65. The molecule has 2 amide bonds. The standard InChI is InChI=1S/C13H20N2O5/c1-12(2,3)20-11(19)15-5-4-8-13(7-15,10(17)18)6-9(16)14-8/h8H,4-7H2,1-3H3,(H,14,16)(H,17,18). The smallest absolute Gasteiger partial charge is 0.410 e. The summed E-state index contributed by atoms with van der Waals surface area (Å²) in [5.41, 5.74) is -1.86. The topological polar surface area (TPSA) is 95.9 Å². The van der Waals surface area contributed by atoms with Gasteiger partial charge in [0.05, 0.1) is 0 Å². The first kappa shape index (κ1) is 14.6. The highest BCUT2D eigenvalue weighted by Gasteiger charge is 2.56. The number of carboxylic acids is 1. The molecule has 2 saturated heterocycles. The summed E-state index contributed by atoms with van der Waals surface area (Å²) in [5.74, 6) is -1.32. The second kappa shape index (κ2) is 4.64. The van der Waals surface area contributed by atoms with E-state index in [1.54, 1.807) is 20.8 Å². The number of nitrogens with one attached hydrogen (secondary N) is 1. The van der Waals surface area contributed by atoms with Crippen LogP contribution in [0, 0.1) is 5.41 Å². The lowest BCUT2D eigenvalue weighted by Gasteiger charge is -2.41. The Morgan fingerprint density at radius 1 is 1.45 bits per heavy atom. The number of nitrogens with zero attached hydrogens (tertiary/aromatic N) is 1. The van der Waals surface area contributed by atoms with E-state index in [1.165, 1.54) is 4.90 Å². The summed E-state index contributed by atoms with van der Waals surface area (Å²) in [4.78, 5) is 36.5. The number of fused-ring (bicyclic) bond motifs is 1. The van der Waals surface area contributed by atoms with Crippen LogP contribution in [-0.2, 0) is 14.3 Å². The monoisotopic (exact) mass is 284 g/mol. The maximum absolute atomic E-state index is 12.1. The largest absolute Gasteiger partial charge is 0.481 e. The van der Waals surface area contributed by atoms with Gasteiger partial charge in [0.25, 0.3) is 0 Å². The lowest BCUT2D eigenvalue weighted by molar-refractivity contribution is -0.153. The number of ether oxygens (including phenoxy) is 1. The highest BCUT2D eigenvalue weighted by Crippen LogP contribution is 2.38. The second-order valence-electron chi connectivity index (χ2n) is 6.45. The number of hydrogen-bond acceptors (Lipinski definition) is 4. The fourth-order valence-corrected chi connectivity index (χ4v) is 2.79. The maximum atomic E-state index is 12.1. The highest BCUT2D eigenvalue weighted by atomic mass is 16.6. The van der Waals surface area contributed by atoms with Crippen LogP contribution in [0.4, 0.5) is 4.79 Å². The maximum Gasteiger partial charge on any atom is 0.410 e. The van der Waals surface area contributed by atoms with E-state index in [2.05, 4.69) is 5.32 Å². The zero-order valence-electron chi connectivity index (χ0n) is 11.9. The van der Waals surface area contributed by atoms with Gasteiger partial charge in [0.15, 0.2) is 0 Å². The van der Waals surface area contributed by atoms with Crippen molar-refractivity contribution in [2.24, 2.45) is 5.41 Å². The molecule has 0 bridgehead atoms. The minimum absolute atomic E-state index is 0.000648. The fraction of sp³-hybridized carbons (Fsp3) is 0.769. The third-order valence-electron chi connectivity index (χ3n) is 3.72. The molecule has 2 heterocycles. The number of hydrogen-bond donors (Lipinski definition) is 2. The molecule has 7 nitrogen and oxygen atoms in total. The molecule has 2 N–H and O–H groups in total. The van der Waals surface area contributed by atoms with E-state index in [0.29, 0.717) is 13.0 Å². The Kier molecular flexibility index (Phi) is 3.39. The van der Waals surface area contributed by atoms with Gasteiger partial charge in [0.1, 0.15) is 11.0 Å². The minimum Gasteiger partial charge on any atom is -0.481 e. The first-order valence-corrected chi connectivity index (χ1v) is 6.65. The molecule has 0 aromatic carbocycles. The van der Waals surface area contributed by atoms with Crippen molar-refractivity contribution in [3.63, 3.8) is 0 Å². The van der Waals surface area contributed by atoms with E-state index in [-0.39, 0.29) is 18.9 Å². The van der Waals surface area contributed by atoms with E-state index >= 15 is 0 Å². The van der Waals surface area contributed by atoms with Gasteiger partial charge < -0.3 is 20.1 Å². The van der Waals surface area contributed by atoms with Gasteiger partial charge in [-0.05, 0) is 27.2 Å². The Labute approximate surface area is 117 Å². The van der Waals surface area contributed by atoms with Crippen molar-refractivity contribution in [1.29, 1.82) is 0 Å². The van der Waals surface area contributed by atoms with E-state index in [1.807, 2.05) is 0 Å². The van der Waals surface area contributed by atoms with Crippen LogP contribution in [0.3, 0.4) is 0 Å². The number of piperidine rings is 1. The first-order valence-electron chi connectivity index (χ1n) is 6.65. The Hall–Kier alpha value is -1.79. The average Bonchev–Trinajstić information content (AvgIpc) is 2.62. The molecule has 2 rings (SSSR count). The van der Waals surface area contributed by atoms with E-state index in [0.717, 1.165) is 0 Å². The van der Waals surface area contributed by atoms with Crippen molar-refractivity contribution in [3.05, 3.63) is 0 Å². The van der Waals surface area contributed by atoms with Crippen molar-refractivity contribution in [1.82, 2.24) is 10.2 Å². The van der Waals surface area contributed by atoms with Crippen LogP contribution < -0.4 is 5.32 Å². The van der Waals surface area contributed by atoms with Gasteiger partial charge in [-0.15, -0.1) is 0 Å². The number of carboxylic acid groups (broad SMARTS) is 1. The van der Waals surface area contributed by atoms with Crippen LogP contribution in [0.1, 0.15) is 33.6 Å². The van der Waals surface area contributed by atoms with Crippen LogP contribution in [0.25, 0.3) is 0 Å². The summed E-state index contributed by atoms with van der Waals surface area (Å²) < 4.78 is 5.27. The van der Waals surface area contributed by atoms with Crippen LogP contribution >= 0.6 is 0 Å². The molecule has 7 heteroatoms. The Balaban J connectivity index is 2.16. The van der Waals surface area contributed by atoms with Gasteiger partial charge >= 0.3 is 12.1 Å². The second-order valence-corrected chi connectivity index (χ2v) is 6.45. The van der Waals surface area contributed by atoms with Crippen molar-refractivity contribution in [3.8, 4) is 0 Å². The van der Waals surface area contributed by atoms with Gasteiger partial charge in [-0.25, -0.2) is 4.79 Å². The van der Waals surface area contributed by atoms with Gasteiger partial charge in [0.2, 0.25) is 5.91 Å². The molecule has 2 aliphatic heterocycles. The number of rotatable bonds is 1. The Morgan fingerprint density at radius 3 is 2.65 bits per heavy atom. The van der Waals surface area contributed by atoms with Crippen LogP contribution in [-0.4, -0.2) is 52.7 Å². The third-order valence-corrected chi connectivity index (χ3v) is 3.72. The number of amides is 2. The number of carbonyl (C=O) groups is 3. The molecule has 2 aliphatic rings. The van der Waals surface area contributed by atoms with Crippen molar-refractivity contribution in [2.45, 2.75) is 45.3 Å². The van der Waals surface area contributed by atoms with Crippen molar-refractivity contribution >= 4 is 18.0 Å². The van der Waals surface area contributed by atoms with Gasteiger partial charge in [-0.2, -0.15) is 0 Å².